The minimum Gasteiger partial charge on any atom is -0.478 e. The number of aromatic carboxylic acids is 1. The Hall–Kier alpha value is -1.86. The Morgan fingerprint density at radius 3 is 2.48 bits per heavy atom. The maximum absolute atomic E-state index is 12.3. The van der Waals surface area contributed by atoms with Crippen molar-refractivity contribution >= 4 is 37.6 Å². The van der Waals surface area contributed by atoms with Crippen molar-refractivity contribution < 1.29 is 18.3 Å². The molecule has 0 unspecified atom stereocenters. The summed E-state index contributed by atoms with van der Waals surface area (Å²) in [5, 5.41) is 9.06. The lowest BCUT2D eigenvalue weighted by Gasteiger charge is -2.12. The molecule has 0 saturated heterocycles. The number of rotatable bonds is 4. The molecule has 0 aliphatic rings. The average Bonchev–Trinajstić information content (AvgIpc) is 2.40. The number of benzene rings is 2. The lowest BCUT2D eigenvalue weighted by molar-refractivity contribution is 0.0696. The number of carbonyl (C=O) groups is 1. The Morgan fingerprint density at radius 1 is 1.19 bits per heavy atom. The predicted octanol–water partition coefficient (Wildman–Crippen LogP) is 3.26. The molecule has 7 heteroatoms. The van der Waals surface area contributed by atoms with E-state index in [-0.39, 0.29) is 16.1 Å². The summed E-state index contributed by atoms with van der Waals surface area (Å²) in [6, 6.07) is 10.7. The van der Waals surface area contributed by atoms with Gasteiger partial charge >= 0.3 is 5.97 Å². The maximum Gasteiger partial charge on any atom is 0.336 e. The summed E-state index contributed by atoms with van der Waals surface area (Å²) < 4.78 is 27.7. The van der Waals surface area contributed by atoms with Crippen molar-refractivity contribution in [1.82, 2.24) is 0 Å². The Balaban J connectivity index is 2.42. The number of carboxylic acid groups (broad SMARTS) is 1. The van der Waals surface area contributed by atoms with E-state index in [2.05, 4.69) is 20.7 Å². The second-order valence-electron chi connectivity index (χ2n) is 4.35. The van der Waals surface area contributed by atoms with Crippen molar-refractivity contribution in [1.29, 1.82) is 0 Å². The smallest absolute Gasteiger partial charge is 0.336 e. The van der Waals surface area contributed by atoms with Gasteiger partial charge in [-0.2, -0.15) is 0 Å². The van der Waals surface area contributed by atoms with E-state index in [1.807, 2.05) is 0 Å². The van der Waals surface area contributed by atoms with Crippen LogP contribution in [-0.2, 0) is 10.0 Å². The normalized spacial score (nSPS) is 11.1. The Kier molecular flexibility index (Phi) is 4.34. The third kappa shape index (κ3) is 3.43. The van der Waals surface area contributed by atoms with Crippen LogP contribution in [0.15, 0.2) is 51.8 Å². The van der Waals surface area contributed by atoms with Crippen molar-refractivity contribution in [2.24, 2.45) is 0 Å². The highest BCUT2D eigenvalue weighted by Crippen LogP contribution is 2.23. The van der Waals surface area contributed by atoms with Gasteiger partial charge < -0.3 is 5.11 Å². The molecule has 0 spiro atoms. The first kappa shape index (κ1) is 15.5. The van der Waals surface area contributed by atoms with E-state index in [1.54, 1.807) is 19.1 Å². The van der Waals surface area contributed by atoms with Gasteiger partial charge in [-0.15, -0.1) is 0 Å². The fourth-order valence-corrected chi connectivity index (χ4v) is 3.53. The topological polar surface area (TPSA) is 83.5 Å². The largest absolute Gasteiger partial charge is 0.478 e. The van der Waals surface area contributed by atoms with Crippen molar-refractivity contribution in [3.8, 4) is 0 Å². The van der Waals surface area contributed by atoms with Gasteiger partial charge in [0.25, 0.3) is 10.0 Å². The number of anilines is 1. The van der Waals surface area contributed by atoms with E-state index >= 15 is 0 Å². The predicted molar refractivity (Wildman–Crippen MR) is 83.1 cm³/mol. The lowest BCUT2D eigenvalue weighted by atomic mass is 10.1. The molecule has 0 heterocycles. The molecule has 0 aromatic heterocycles. The van der Waals surface area contributed by atoms with Gasteiger partial charge in [0, 0.05) is 4.47 Å². The Morgan fingerprint density at radius 2 is 1.86 bits per heavy atom. The summed E-state index contributed by atoms with van der Waals surface area (Å²) in [7, 11) is -3.77. The number of sulfonamides is 1. The highest BCUT2D eigenvalue weighted by atomic mass is 79.9. The number of hydrogen-bond acceptors (Lipinski definition) is 3. The molecule has 2 rings (SSSR count). The van der Waals surface area contributed by atoms with Crippen molar-refractivity contribution in [2.45, 2.75) is 11.8 Å². The fourth-order valence-electron chi connectivity index (χ4n) is 1.82. The SMILES string of the molecule is Cc1c(NS(=O)(=O)c2cccc(Br)c2)cccc1C(=O)O. The van der Waals surface area contributed by atoms with Crippen LogP contribution in [-0.4, -0.2) is 19.5 Å². The first-order valence-electron chi connectivity index (χ1n) is 5.92. The zero-order valence-corrected chi connectivity index (χ0v) is 13.4. The van der Waals surface area contributed by atoms with Gasteiger partial charge in [-0.05, 0) is 42.8 Å². The molecule has 110 valence electrons. The van der Waals surface area contributed by atoms with Crippen LogP contribution >= 0.6 is 15.9 Å². The van der Waals surface area contributed by atoms with Gasteiger partial charge in [-0.25, -0.2) is 13.2 Å². The van der Waals surface area contributed by atoms with Crippen LogP contribution < -0.4 is 4.72 Å². The first-order chi connectivity index (χ1) is 9.81. The van der Waals surface area contributed by atoms with Crippen molar-refractivity contribution in [3.05, 3.63) is 58.1 Å². The van der Waals surface area contributed by atoms with Gasteiger partial charge in [0.15, 0.2) is 0 Å². The van der Waals surface area contributed by atoms with Crippen LogP contribution in [0.25, 0.3) is 0 Å². The van der Waals surface area contributed by atoms with E-state index in [0.717, 1.165) is 0 Å². The molecule has 0 atom stereocenters. The molecule has 2 aromatic rings. The quantitative estimate of drug-likeness (QED) is 0.866. The highest BCUT2D eigenvalue weighted by Gasteiger charge is 2.17. The van der Waals surface area contributed by atoms with E-state index in [0.29, 0.717) is 10.0 Å². The van der Waals surface area contributed by atoms with Gasteiger partial charge in [-0.3, -0.25) is 4.72 Å². The molecule has 0 saturated carbocycles. The lowest BCUT2D eigenvalue weighted by Crippen LogP contribution is -2.14. The summed E-state index contributed by atoms with van der Waals surface area (Å²) in [6.45, 7) is 1.56. The Labute approximate surface area is 130 Å². The van der Waals surface area contributed by atoms with Crippen LogP contribution in [0.2, 0.25) is 0 Å². The number of nitrogens with one attached hydrogen (secondary N) is 1. The van der Waals surface area contributed by atoms with Gasteiger partial charge in [-0.1, -0.05) is 28.1 Å². The molecule has 2 aromatic carbocycles. The molecule has 0 bridgehead atoms. The van der Waals surface area contributed by atoms with Gasteiger partial charge in [0.2, 0.25) is 0 Å². The number of hydrogen-bond donors (Lipinski definition) is 2. The molecule has 0 radical (unpaired) electrons. The fraction of sp³-hybridized carbons (Fsp3) is 0.0714. The summed E-state index contributed by atoms with van der Waals surface area (Å²) in [5.74, 6) is -1.10. The minimum atomic E-state index is -3.77. The third-order valence-corrected chi connectivity index (χ3v) is 4.77. The molecule has 5 nitrogen and oxygen atoms in total. The van der Waals surface area contributed by atoms with Crippen LogP contribution in [0.3, 0.4) is 0 Å². The zero-order valence-electron chi connectivity index (χ0n) is 11.0. The second kappa shape index (κ2) is 5.87. The standard InChI is InChI=1S/C14H12BrNO4S/c1-9-12(14(17)18)6-3-7-13(9)16-21(19,20)11-5-2-4-10(15)8-11/h2-8,16H,1H3,(H,17,18). The third-order valence-electron chi connectivity index (χ3n) is 2.91. The van der Waals surface area contributed by atoms with Crippen LogP contribution in [0.4, 0.5) is 5.69 Å². The molecular formula is C14H12BrNO4S. The highest BCUT2D eigenvalue weighted by molar-refractivity contribution is 9.10. The summed E-state index contributed by atoms with van der Waals surface area (Å²) >= 11 is 3.22. The molecular weight excluding hydrogens is 358 g/mol. The van der Waals surface area contributed by atoms with Crippen LogP contribution in [0, 0.1) is 6.92 Å². The van der Waals surface area contributed by atoms with Gasteiger partial charge in [0.05, 0.1) is 16.1 Å². The van der Waals surface area contributed by atoms with Crippen LogP contribution in [0.5, 0.6) is 0 Å². The number of carboxylic acids is 1. The monoisotopic (exact) mass is 369 g/mol. The van der Waals surface area contributed by atoms with Crippen molar-refractivity contribution in [3.63, 3.8) is 0 Å². The minimum absolute atomic E-state index is 0.0597. The van der Waals surface area contributed by atoms with Crippen LogP contribution in [0.1, 0.15) is 15.9 Å². The van der Waals surface area contributed by atoms with E-state index in [1.165, 1.54) is 30.3 Å². The number of halogens is 1. The molecule has 0 aliphatic heterocycles. The Bertz CT molecular complexity index is 802. The zero-order chi connectivity index (χ0) is 15.6. The van der Waals surface area contributed by atoms with E-state index < -0.39 is 16.0 Å². The molecule has 2 N–H and O–H groups in total. The molecule has 0 aliphatic carbocycles. The molecule has 21 heavy (non-hydrogen) atoms. The van der Waals surface area contributed by atoms with Crippen molar-refractivity contribution in [2.75, 3.05) is 4.72 Å². The summed E-state index contributed by atoms with van der Waals surface area (Å²) in [6.07, 6.45) is 0. The second-order valence-corrected chi connectivity index (χ2v) is 6.94. The average molecular weight is 370 g/mol. The summed E-state index contributed by atoms with van der Waals surface area (Å²) in [5.41, 5.74) is 0.669. The first-order valence-corrected chi connectivity index (χ1v) is 8.20. The van der Waals surface area contributed by atoms with E-state index in [9.17, 15) is 13.2 Å². The maximum atomic E-state index is 12.3. The van der Waals surface area contributed by atoms with E-state index in [4.69, 9.17) is 5.11 Å². The molecule has 0 fully saturated rings. The summed E-state index contributed by atoms with van der Waals surface area (Å²) in [4.78, 5) is 11.2. The molecule has 0 amide bonds. The van der Waals surface area contributed by atoms with Gasteiger partial charge in [0.1, 0.15) is 0 Å².